The third-order valence-electron chi connectivity index (χ3n) is 5.94. The maximum Gasteiger partial charge on any atom is 0.243 e. The van der Waals surface area contributed by atoms with Gasteiger partial charge in [0.05, 0.1) is 16.9 Å². The second-order valence-corrected chi connectivity index (χ2v) is 9.99. The molecule has 0 saturated carbocycles. The van der Waals surface area contributed by atoms with Gasteiger partial charge in [0, 0.05) is 37.1 Å². The van der Waals surface area contributed by atoms with Crippen molar-refractivity contribution in [1.82, 2.24) is 13.9 Å². The summed E-state index contributed by atoms with van der Waals surface area (Å²) in [6.07, 6.45) is 5.51. The van der Waals surface area contributed by atoms with E-state index >= 15 is 0 Å². The number of hydrogen-bond acceptors (Lipinski definition) is 4. The molecule has 0 bridgehead atoms. The highest BCUT2D eigenvalue weighted by Crippen LogP contribution is 2.26. The highest BCUT2D eigenvalue weighted by atomic mass is 32.2. The first-order chi connectivity index (χ1) is 15.3. The number of carbonyl (C=O) groups is 1. The molecule has 168 valence electrons. The van der Waals surface area contributed by atoms with Crippen molar-refractivity contribution in [3.8, 4) is 5.69 Å². The average molecular weight is 457 g/mol. The van der Waals surface area contributed by atoms with Gasteiger partial charge in [0.1, 0.15) is 5.82 Å². The number of carbonyl (C=O) groups excluding carboxylic acids is 1. The molecule has 1 fully saturated rings. The van der Waals surface area contributed by atoms with E-state index in [1.807, 2.05) is 13.8 Å². The van der Waals surface area contributed by atoms with Gasteiger partial charge in [-0.1, -0.05) is 6.07 Å². The molecule has 2 aromatic carbocycles. The van der Waals surface area contributed by atoms with Crippen LogP contribution in [0.1, 0.15) is 24.0 Å². The van der Waals surface area contributed by atoms with Crippen LogP contribution in [0, 0.1) is 25.6 Å². The van der Waals surface area contributed by atoms with Crippen molar-refractivity contribution in [3.63, 3.8) is 0 Å². The second kappa shape index (κ2) is 8.84. The van der Waals surface area contributed by atoms with Gasteiger partial charge in [0.25, 0.3) is 0 Å². The summed E-state index contributed by atoms with van der Waals surface area (Å²) in [5.41, 5.74) is 2.66. The third-order valence-corrected chi connectivity index (χ3v) is 7.83. The molecule has 1 aliphatic heterocycles. The topological polar surface area (TPSA) is 84.3 Å². The molecule has 4 rings (SSSR count). The predicted octanol–water partition coefficient (Wildman–Crippen LogP) is 3.67. The minimum absolute atomic E-state index is 0.233. The van der Waals surface area contributed by atoms with E-state index in [9.17, 15) is 17.6 Å². The molecule has 0 unspecified atom stereocenters. The maximum absolute atomic E-state index is 14.4. The fraction of sp³-hybridized carbons (Fsp3) is 0.304. The van der Waals surface area contributed by atoms with Gasteiger partial charge < -0.3 is 9.88 Å². The van der Waals surface area contributed by atoms with Crippen LogP contribution in [0.15, 0.2) is 60.0 Å². The first-order valence-corrected chi connectivity index (χ1v) is 11.9. The largest absolute Gasteiger partial charge is 0.326 e. The van der Waals surface area contributed by atoms with Crippen molar-refractivity contribution in [3.05, 3.63) is 72.1 Å². The normalized spacial score (nSPS) is 15.6. The number of imidazole rings is 1. The molecule has 32 heavy (non-hydrogen) atoms. The Morgan fingerprint density at radius 2 is 1.84 bits per heavy atom. The molecule has 0 aliphatic carbocycles. The van der Waals surface area contributed by atoms with Crippen LogP contribution in [0.5, 0.6) is 0 Å². The van der Waals surface area contributed by atoms with E-state index in [-0.39, 0.29) is 29.8 Å². The number of aromatic nitrogens is 2. The highest BCUT2D eigenvalue weighted by molar-refractivity contribution is 7.89. The average Bonchev–Trinajstić information content (AvgIpc) is 3.30. The van der Waals surface area contributed by atoms with Gasteiger partial charge in [-0.05, 0) is 68.1 Å². The lowest BCUT2D eigenvalue weighted by Crippen LogP contribution is -2.41. The van der Waals surface area contributed by atoms with Crippen molar-refractivity contribution in [1.29, 1.82) is 0 Å². The van der Waals surface area contributed by atoms with E-state index in [1.54, 1.807) is 47.3 Å². The summed E-state index contributed by atoms with van der Waals surface area (Å²) in [6.45, 7) is 4.35. The summed E-state index contributed by atoms with van der Waals surface area (Å²) in [5, 5.41) is 2.75. The molecule has 1 aliphatic rings. The lowest BCUT2D eigenvalue weighted by Gasteiger charge is -2.30. The number of anilines is 1. The summed E-state index contributed by atoms with van der Waals surface area (Å²) >= 11 is 0. The first-order valence-electron chi connectivity index (χ1n) is 10.4. The number of sulfonamides is 1. The molecule has 1 N–H and O–H groups in total. The summed E-state index contributed by atoms with van der Waals surface area (Å²) in [6, 6.07) is 9.59. The van der Waals surface area contributed by atoms with Crippen molar-refractivity contribution < 1.29 is 17.6 Å². The monoisotopic (exact) mass is 456 g/mol. The Morgan fingerprint density at radius 1 is 1.09 bits per heavy atom. The number of halogens is 1. The van der Waals surface area contributed by atoms with Crippen molar-refractivity contribution in [2.75, 3.05) is 18.4 Å². The van der Waals surface area contributed by atoms with E-state index in [4.69, 9.17) is 0 Å². The number of rotatable bonds is 5. The third kappa shape index (κ3) is 4.44. The van der Waals surface area contributed by atoms with Crippen molar-refractivity contribution in [2.45, 2.75) is 31.6 Å². The van der Waals surface area contributed by atoms with E-state index in [0.717, 1.165) is 11.1 Å². The van der Waals surface area contributed by atoms with Crippen molar-refractivity contribution >= 4 is 21.6 Å². The van der Waals surface area contributed by atoms with Gasteiger partial charge in [-0.15, -0.1) is 0 Å². The molecule has 0 radical (unpaired) electrons. The van der Waals surface area contributed by atoms with Gasteiger partial charge in [-0.2, -0.15) is 4.31 Å². The molecule has 0 spiro atoms. The zero-order valence-electron chi connectivity index (χ0n) is 18.0. The Labute approximate surface area is 186 Å². The highest BCUT2D eigenvalue weighted by Gasteiger charge is 2.32. The van der Waals surface area contributed by atoms with Crippen LogP contribution < -0.4 is 5.32 Å². The van der Waals surface area contributed by atoms with E-state index in [1.165, 1.54) is 16.7 Å². The minimum Gasteiger partial charge on any atom is -0.326 e. The Kier molecular flexibility index (Phi) is 6.12. The molecule has 2 heterocycles. The Morgan fingerprint density at radius 3 is 2.47 bits per heavy atom. The summed E-state index contributed by atoms with van der Waals surface area (Å²) in [4.78, 5) is 16.9. The van der Waals surface area contributed by atoms with Gasteiger partial charge >= 0.3 is 0 Å². The summed E-state index contributed by atoms with van der Waals surface area (Å²) in [7, 11) is -3.60. The van der Waals surface area contributed by atoms with Crippen molar-refractivity contribution in [2.24, 2.45) is 5.92 Å². The van der Waals surface area contributed by atoms with E-state index in [0.29, 0.717) is 24.2 Å². The van der Waals surface area contributed by atoms with Crippen LogP contribution in [-0.2, 0) is 14.8 Å². The van der Waals surface area contributed by atoms with Crippen LogP contribution in [0.3, 0.4) is 0 Å². The molecule has 3 aromatic rings. The lowest BCUT2D eigenvalue weighted by atomic mass is 9.97. The molecule has 7 nitrogen and oxygen atoms in total. The molecule has 1 amide bonds. The Balaban J connectivity index is 1.38. The molecular formula is C23H25FN4O3S. The lowest BCUT2D eigenvalue weighted by molar-refractivity contribution is -0.120. The second-order valence-electron chi connectivity index (χ2n) is 8.05. The molecule has 1 saturated heterocycles. The van der Waals surface area contributed by atoms with Crippen LogP contribution in [0.2, 0.25) is 0 Å². The quantitative estimate of drug-likeness (QED) is 0.635. The molecule has 1 aromatic heterocycles. The predicted molar refractivity (Wildman–Crippen MR) is 120 cm³/mol. The number of amides is 1. The number of hydrogen-bond donors (Lipinski definition) is 1. The zero-order valence-corrected chi connectivity index (χ0v) is 18.8. The van der Waals surface area contributed by atoms with Gasteiger partial charge in [-0.3, -0.25) is 4.79 Å². The number of nitrogens with one attached hydrogen (secondary N) is 1. The first kappa shape index (κ1) is 22.2. The fourth-order valence-electron chi connectivity index (χ4n) is 3.82. The SMILES string of the molecule is Cc1ccc(S(=O)(=O)N2CCC(C(=O)Nc3ccc(-n4ccnc4)c(F)c3)CC2)cc1C. The van der Waals surface area contributed by atoms with Gasteiger partial charge in [0.15, 0.2) is 0 Å². The van der Waals surface area contributed by atoms with E-state index < -0.39 is 15.8 Å². The Bertz CT molecular complexity index is 1230. The standard InChI is InChI=1S/C23H25FN4O3S/c1-16-3-5-20(13-17(16)2)32(30,31)28-10-7-18(8-11-28)23(29)26-19-4-6-22(21(24)14-19)27-12-9-25-15-27/h3-6,9,12-15,18H,7-8,10-11H2,1-2H3,(H,26,29). The van der Waals surface area contributed by atoms with Gasteiger partial charge in [0.2, 0.25) is 15.9 Å². The number of benzene rings is 2. The number of nitrogens with zero attached hydrogens (tertiary/aromatic N) is 3. The fourth-order valence-corrected chi connectivity index (χ4v) is 5.38. The van der Waals surface area contributed by atoms with Gasteiger partial charge in [-0.25, -0.2) is 17.8 Å². The number of piperidine rings is 1. The van der Waals surface area contributed by atoms with Crippen LogP contribution in [0.25, 0.3) is 5.69 Å². The number of aryl methyl sites for hydroxylation is 2. The van der Waals surface area contributed by atoms with Crippen LogP contribution >= 0.6 is 0 Å². The minimum atomic E-state index is -3.60. The molecule has 9 heteroatoms. The van der Waals surface area contributed by atoms with Crippen LogP contribution in [0.4, 0.5) is 10.1 Å². The van der Waals surface area contributed by atoms with Crippen LogP contribution in [-0.4, -0.2) is 41.3 Å². The summed E-state index contributed by atoms with van der Waals surface area (Å²) < 4.78 is 43.3. The van der Waals surface area contributed by atoms with E-state index in [2.05, 4.69) is 10.3 Å². The molecule has 0 atom stereocenters. The smallest absolute Gasteiger partial charge is 0.243 e. The zero-order chi connectivity index (χ0) is 22.9. The Hall–Kier alpha value is -3.04. The maximum atomic E-state index is 14.4. The summed E-state index contributed by atoms with van der Waals surface area (Å²) in [5.74, 6) is -1.05. The molecular weight excluding hydrogens is 431 g/mol.